The van der Waals surface area contributed by atoms with Crippen molar-refractivity contribution in [2.45, 2.75) is 78.4 Å². The summed E-state index contributed by atoms with van der Waals surface area (Å²) in [6.45, 7) is 14.7. The van der Waals surface area contributed by atoms with Crippen molar-refractivity contribution in [3.8, 4) is 0 Å². The zero-order valence-corrected chi connectivity index (χ0v) is 18.0. The largest absolute Gasteiger partial charge is 0.444 e. The summed E-state index contributed by atoms with van der Waals surface area (Å²) in [5.41, 5.74) is -0.462. The molecule has 0 aromatic heterocycles. The summed E-state index contributed by atoms with van der Waals surface area (Å²) in [6, 6.07) is 0.357. The van der Waals surface area contributed by atoms with Crippen molar-refractivity contribution in [2.75, 3.05) is 39.3 Å². The molecule has 2 aliphatic heterocycles. The zero-order chi connectivity index (χ0) is 20.0. The summed E-state index contributed by atoms with van der Waals surface area (Å²) in [5.74, 6) is 0.994. The molecule has 0 aromatic rings. The topological polar surface area (TPSA) is 53.1 Å². The van der Waals surface area contributed by atoms with Crippen LogP contribution in [0, 0.1) is 5.92 Å². The fraction of sp³-hybridized carbons (Fsp3) is 0.905. The molecule has 2 aliphatic rings. The minimum Gasteiger partial charge on any atom is -0.444 e. The van der Waals surface area contributed by atoms with Crippen LogP contribution in [0.3, 0.4) is 0 Å². The van der Waals surface area contributed by atoms with Gasteiger partial charge in [0.1, 0.15) is 5.60 Å². The van der Waals surface area contributed by atoms with Crippen LogP contribution in [0.2, 0.25) is 0 Å². The second-order valence-corrected chi connectivity index (χ2v) is 9.18. The third-order valence-corrected chi connectivity index (χ3v) is 5.75. The number of amides is 2. The van der Waals surface area contributed by atoms with Gasteiger partial charge in [-0.3, -0.25) is 9.69 Å². The van der Waals surface area contributed by atoms with Crippen molar-refractivity contribution in [3.63, 3.8) is 0 Å². The van der Waals surface area contributed by atoms with Crippen molar-refractivity contribution in [2.24, 2.45) is 5.92 Å². The molecule has 0 spiro atoms. The Morgan fingerprint density at radius 2 is 1.63 bits per heavy atom. The van der Waals surface area contributed by atoms with E-state index in [1.165, 1.54) is 0 Å². The Hall–Kier alpha value is -1.30. The molecule has 0 unspecified atom stereocenters. The molecule has 0 saturated carbocycles. The summed E-state index contributed by atoms with van der Waals surface area (Å²) < 4.78 is 5.52. The lowest BCUT2D eigenvalue weighted by Gasteiger charge is -2.34. The average molecular weight is 382 g/mol. The number of hydrogen-bond acceptors (Lipinski definition) is 4. The highest BCUT2D eigenvalue weighted by atomic mass is 16.6. The maximum atomic E-state index is 12.7. The van der Waals surface area contributed by atoms with Crippen LogP contribution < -0.4 is 0 Å². The molecule has 2 saturated heterocycles. The smallest absolute Gasteiger partial charge is 0.410 e. The van der Waals surface area contributed by atoms with E-state index in [9.17, 15) is 9.59 Å². The van der Waals surface area contributed by atoms with Crippen LogP contribution in [0.4, 0.5) is 4.79 Å². The standard InChI is InChI=1S/C21H39N3O3/c1-6-22(16-19(25)23-13-9-17(2)10-14-23)18-8-7-12-24(15-11-18)20(26)27-21(3,4)5/h17-18H,6-16H2,1-5H3/t18-/m1/s1. The van der Waals surface area contributed by atoms with Gasteiger partial charge in [0.15, 0.2) is 0 Å². The van der Waals surface area contributed by atoms with Crippen molar-refractivity contribution in [1.82, 2.24) is 14.7 Å². The molecule has 0 aliphatic carbocycles. The third kappa shape index (κ3) is 6.98. The molecule has 0 aromatic carbocycles. The Morgan fingerprint density at radius 1 is 1.00 bits per heavy atom. The molecule has 1 atom stereocenters. The minimum atomic E-state index is -0.462. The van der Waals surface area contributed by atoms with E-state index in [2.05, 4.69) is 18.7 Å². The quantitative estimate of drug-likeness (QED) is 0.749. The number of likely N-dealkylation sites (N-methyl/N-ethyl adjacent to an activating group) is 1. The van der Waals surface area contributed by atoms with Crippen LogP contribution in [0.5, 0.6) is 0 Å². The number of piperidine rings is 1. The van der Waals surface area contributed by atoms with Crippen molar-refractivity contribution >= 4 is 12.0 Å². The summed E-state index contributed by atoms with van der Waals surface area (Å²) in [7, 11) is 0. The molecule has 0 bridgehead atoms. The molecule has 2 rings (SSSR count). The number of nitrogens with zero attached hydrogens (tertiary/aromatic N) is 3. The summed E-state index contributed by atoms with van der Waals surface area (Å²) in [4.78, 5) is 31.2. The lowest BCUT2D eigenvalue weighted by atomic mass is 9.99. The molecule has 2 heterocycles. The molecule has 2 amide bonds. The van der Waals surface area contributed by atoms with Crippen LogP contribution in [0.1, 0.15) is 66.7 Å². The molecule has 6 nitrogen and oxygen atoms in total. The van der Waals surface area contributed by atoms with Gasteiger partial charge in [0.25, 0.3) is 0 Å². The number of likely N-dealkylation sites (tertiary alicyclic amines) is 2. The highest BCUT2D eigenvalue weighted by molar-refractivity contribution is 5.78. The molecule has 27 heavy (non-hydrogen) atoms. The second-order valence-electron chi connectivity index (χ2n) is 9.18. The fourth-order valence-electron chi connectivity index (χ4n) is 3.98. The molecule has 0 N–H and O–H groups in total. The number of carbonyl (C=O) groups excluding carboxylic acids is 2. The number of rotatable bonds is 4. The number of ether oxygens (including phenoxy) is 1. The van der Waals surface area contributed by atoms with Gasteiger partial charge in [0, 0.05) is 32.2 Å². The van der Waals surface area contributed by atoms with Gasteiger partial charge in [-0.2, -0.15) is 0 Å². The molecule has 2 fully saturated rings. The maximum absolute atomic E-state index is 12.7. The van der Waals surface area contributed by atoms with E-state index in [-0.39, 0.29) is 12.0 Å². The number of hydrogen-bond donors (Lipinski definition) is 0. The highest BCUT2D eigenvalue weighted by Crippen LogP contribution is 2.20. The van der Waals surface area contributed by atoms with Gasteiger partial charge in [-0.05, 0) is 65.3 Å². The van der Waals surface area contributed by atoms with E-state index < -0.39 is 5.60 Å². The van der Waals surface area contributed by atoms with E-state index in [1.54, 1.807) is 0 Å². The predicted octanol–water partition coefficient (Wildman–Crippen LogP) is 3.36. The third-order valence-electron chi connectivity index (χ3n) is 5.75. The van der Waals surface area contributed by atoms with Crippen LogP contribution in [-0.2, 0) is 9.53 Å². The molecule has 156 valence electrons. The first-order valence-corrected chi connectivity index (χ1v) is 10.7. The Bertz CT molecular complexity index is 495. The van der Waals surface area contributed by atoms with Gasteiger partial charge >= 0.3 is 6.09 Å². The summed E-state index contributed by atoms with van der Waals surface area (Å²) >= 11 is 0. The molecular formula is C21H39N3O3. The Morgan fingerprint density at radius 3 is 2.22 bits per heavy atom. The average Bonchev–Trinajstić information content (AvgIpc) is 2.85. The first kappa shape index (κ1) is 22.0. The van der Waals surface area contributed by atoms with E-state index in [0.29, 0.717) is 19.1 Å². The summed E-state index contributed by atoms with van der Waals surface area (Å²) in [6.07, 6.45) is 4.90. The SMILES string of the molecule is CCN(CC(=O)N1CCC(C)CC1)[C@@H]1CCCN(C(=O)OC(C)(C)C)CC1. The monoisotopic (exact) mass is 381 g/mol. The van der Waals surface area contributed by atoms with E-state index in [0.717, 1.165) is 64.2 Å². The Balaban J connectivity index is 1.86. The minimum absolute atomic E-state index is 0.218. The summed E-state index contributed by atoms with van der Waals surface area (Å²) in [5, 5.41) is 0. The Kier molecular flexibility index (Phi) is 7.95. The van der Waals surface area contributed by atoms with Crippen molar-refractivity contribution in [1.29, 1.82) is 0 Å². The van der Waals surface area contributed by atoms with Gasteiger partial charge in [-0.25, -0.2) is 4.79 Å². The maximum Gasteiger partial charge on any atom is 0.410 e. The molecular weight excluding hydrogens is 342 g/mol. The van der Waals surface area contributed by atoms with Crippen molar-refractivity contribution < 1.29 is 14.3 Å². The first-order chi connectivity index (χ1) is 12.7. The zero-order valence-electron chi connectivity index (χ0n) is 18.0. The van der Waals surface area contributed by atoms with Gasteiger partial charge in [0.05, 0.1) is 6.54 Å². The molecule has 0 radical (unpaired) electrons. The number of carbonyl (C=O) groups is 2. The molecule has 6 heteroatoms. The predicted molar refractivity (Wildman–Crippen MR) is 108 cm³/mol. The van der Waals surface area contributed by atoms with Crippen molar-refractivity contribution in [3.05, 3.63) is 0 Å². The van der Waals surface area contributed by atoms with E-state index in [4.69, 9.17) is 4.74 Å². The Labute approximate surface area is 165 Å². The first-order valence-electron chi connectivity index (χ1n) is 10.7. The van der Waals surface area contributed by atoms with Crippen LogP contribution >= 0.6 is 0 Å². The fourth-order valence-corrected chi connectivity index (χ4v) is 3.98. The van der Waals surface area contributed by atoms with Crippen LogP contribution in [0.25, 0.3) is 0 Å². The normalized spacial score (nSPS) is 22.7. The van der Waals surface area contributed by atoms with Gasteiger partial charge < -0.3 is 14.5 Å². The van der Waals surface area contributed by atoms with E-state index in [1.807, 2.05) is 30.6 Å². The van der Waals surface area contributed by atoms with Gasteiger partial charge in [-0.1, -0.05) is 13.8 Å². The van der Waals surface area contributed by atoms with Gasteiger partial charge in [-0.15, -0.1) is 0 Å². The lowest BCUT2D eigenvalue weighted by Crippen LogP contribution is -2.47. The lowest BCUT2D eigenvalue weighted by molar-refractivity contribution is -0.134. The van der Waals surface area contributed by atoms with E-state index >= 15 is 0 Å². The highest BCUT2D eigenvalue weighted by Gasteiger charge is 2.29. The second kappa shape index (κ2) is 9.76. The van der Waals surface area contributed by atoms with Crippen LogP contribution in [0.15, 0.2) is 0 Å². The van der Waals surface area contributed by atoms with Crippen LogP contribution in [-0.4, -0.2) is 77.6 Å². The van der Waals surface area contributed by atoms with Gasteiger partial charge in [0.2, 0.25) is 5.91 Å².